The van der Waals surface area contributed by atoms with Crippen LogP contribution in [0.4, 0.5) is 18.9 Å². The molecule has 0 atom stereocenters. The van der Waals surface area contributed by atoms with Gasteiger partial charge in [0.1, 0.15) is 11.5 Å². The Hall–Kier alpha value is -4.49. The van der Waals surface area contributed by atoms with Gasteiger partial charge in [0.2, 0.25) is 5.91 Å². The molecule has 0 saturated heterocycles. The number of rotatable bonds is 12. The van der Waals surface area contributed by atoms with Crippen LogP contribution < -0.4 is 20.9 Å². The topological polar surface area (TPSA) is 137 Å². The number of ketones is 1. The second-order valence-corrected chi connectivity index (χ2v) is 10.1. The number of anilines is 1. The molecule has 0 radical (unpaired) electrons. The quantitative estimate of drug-likeness (QED) is 0.307. The van der Waals surface area contributed by atoms with Gasteiger partial charge >= 0.3 is 6.36 Å². The average Bonchev–Trinajstić information content (AvgIpc) is 3.40. The fourth-order valence-corrected chi connectivity index (χ4v) is 4.64. The molecule has 1 saturated carbocycles. The molecule has 14 heteroatoms. The third-order valence-electron chi connectivity index (χ3n) is 6.81. The zero-order valence-electron chi connectivity index (χ0n) is 22.7. The molecule has 0 unspecified atom stereocenters. The number of carbonyl (C=O) groups excluding carboxylic acids is 3. The van der Waals surface area contributed by atoms with Crippen LogP contribution >= 0.6 is 0 Å². The molecule has 2 amide bonds. The highest BCUT2D eigenvalue weighted by Gasteiger charge is 2.31. The van der Waals surface area contributed by atoms with Gasteiger partial charge in [-0.25, -0.2) is 0 Å². The number of carbonyl (C=O) groups is 3. The second kappa shape index (κ2) is 13.9. The maximum atomic E-state index is 12.5. The molecule has 2 aromatic heterocycles. The number of unbranched alkanes of at least 4 members (excludes halogenated alkanes) is 1. The summed E-state index contributed by atoms with van der Waals surface area (Å²) in [6.45, 7) is 0.871. The predicted molar refractivity (Wildman–Crippen MR) is 144 cm³/mol. The Labute approximate surface area is 239 Å². The Balaban J connectivity index is 1.17. The molecule has 1 fully saturated rings. The number of pyridine rings is 1. The largest absolute Gasteiger partial charge is 0.573 e. The highest BCUT2D eigenvalue weighted by molar-refractivity contribution is 5.92. The van der Waals surface area contributed by atoms with E-state index >= 15 is 0 Å². The number of ether oxygens (including phenoxy) is 1. The SMILES string of the molecule is O=C1CCC(CC(=O)Nc2ccn(CCCCn3cc(C(=O)NCc4cccc(OC(F)(F)F)c4)nn3)c(=O)c2)CC1. The van der Waals surface area contributed by atoms with E-state index in [9.17, 15) is 32.3 Å². The van der Waals surface area contributed by atoms with Crippen LogP contribution in [-0.2, 0) is 29.2 Å². The molecule has 0 bridgehead atoms. The number of halogens is 3. The van der Waals surface area contributed by atoms with E-state index in [0.717, 1.165) is 12.8 Å². The molecular weight excluding hydrogens is 557 g/mol. The van der Waals surface area contributed by atoms with Gasteiger partial charge in [-0.05, 0) is 55.4 Å². The molecule has 3 aromatic rings. The molecule has 224 valence electrons. The minimum atomic E-state index is -4.81. The summed E-state index contributed by atoms with van der Waals surface area (Å²) in [7, 11) is 0. The summed E-state index contributed by atoms with van der Waals surface area (Å²) in [5.41, 5.74) is 0.667. The predicted octanol–water partition coefficient (Wildman–Crippen LogP) is 3.84. The highest BCUT2D eigenvalue weighted by Crippen LogP contribution is 2.25. The van der Waals surface area contributed by atoms with Gasteiger partial charge in [-0.3, -0.25) is 23.9 Å². The van der Waals surface area contributed by atoms with Crippen molar-refractivity contribution in [1.29, 1.82) is 0 Å². The van der Waals surface area contributed by atoms with Crippen molar-refractivity contribution in [1.82, 2.24) is 24.9 Å². The number of hydrogen-bond acceptors (Lipinski definition) is 7. The zero-order valence-corrected chi connectivity index (χ0v) is 22.7. The van der Waals surface area contributed by atoms with Gasteiger partial charge in [0.25, 0.3) is 11.5 Å². The zero-order chi connectivity index (χ0) is 30.1. The summed E-state index contributed by atoms with van der Waals surface area (Å²) in [5, 5.41) is 13.1. The molecule has 42 heavy (non-hydrogen) atoms. The summed E-state index contributed by atoms with van der Waals surface area (Å²) < 4.78 is 44.1. The molecule has 0 spiro atoms. The van der Waals surface area contributed by atoms with Crippen LogP contribution in [0, 0.1) is 5.92 Å². The lowest BCUT2D eigenvalue weighted by Crippen LogP contribution is -2.23. The van der Waals surface area contributed by atoms with Crippen LogP contribution in [0.3, 0.4) is 0 Å². The van der Waals surface area contributed by atoms with Crippen LogP contribution in [0.1, 0.15) is 61.0 Å². The summed E-state index contributed by atoms with van der Waals surface area (Å²) in [6.07, 6.45) is 2.38. The first-order valence-electron chi connectivity index (χ1n) is 13.6. The van der Waals surface area contributed by atoms with Crippen molar-refractivity contribution < 1.29 is 32.3 Å². The Morgan fingerprint density at radius 2 is 1.81 bits per heavy atom. The lowest BCUT2D eigenvalue weighted by atomic mass is 9.86. The van der Waals surface area contributed by atoms with E-state index in [-0.39, 0.29) is 41.2 Å². The van der Waals surface area contributed by atoms with Crippen LogP contribution in [0.5, 0.6) is 5.75 Å². The lowest BCUT2D eigenvalue weighted by Gasteiger charge is -2.20. The van der Waals surface area contributed by atoms with E-state index in [4.69, 9.17) is 0 Å². The number of alkyl halides is 3. The van der Waals surface area contributed by atoms with Crippen LogP contribution in [0.25, 0.3) is 0 Å². The van der Waals surface area contributed by atoms with Crippen LogP contribution in [0.15, 0.2) is 53.6 Å². The maximum absolute atomic E-state index is 12.5. The van der Waals surface area contributed by atoms with Gasteiger partial charge in [-0.15, -0.1) is 18.3 Å². The standard InChI is InChI=1S/C28H31F3N6O5/c29-28(30,31)42-23-5-3-4-20(14-23)17-32-27(41)24-18-37(35-34-24)12-2-1-11-36-13-10-21(16-26(36)40)33-25(39)15-19-6-8-22(38)9-7-19/h3-5,10,13-14,16,18-19H,1-2,6-9,11-12,15,17H2,(H,32,41)(H,33,39). The Morgan fingerprint density at radius 1 is 1.05 bits per heavy atom. The van der Waals surface area contributed by atoms with Crippen molar-refractivity contribution in [3.8, 4) is 5.75 Å². The number of Topliss-reactive ketones (excluding diaryl/α,β-unsaturated/α-hetero) is 1. The van der Waals surface area contributed by atoms with E-state index in [1.54, 1.807) is 18.3 Å². The fourth-order valence-electron chi connectivity index (χ4n) is 4.64. The van der Waals surface area contributed by atoms with Gasteiger partial charge in [0.05, 0.1) is 6.20 Å². The van der Waals surface area contributed by atoms with Crippen molar-refractivity contribution in [2.75, 3.05) is 5.32 Å². The smallest absolute Gasteiger partial charge is 0.406 e. The van der Waals surface area contributed by atoms with Crippen molar-refractivity contribution in [2.24, 2.45) is 5.92 Å². The molecule has 4 rings (SSSR count). The highest BCUT2D eigenvalue weighted by atomic mass is 19.4. The minimum absolute atomic E-state index is 0.0271. The lowest BCUT2D eigenvalue weighted by molar-refractivity contribution is -0.274. The summed E-state index contributed by atoms with van der Waals surface area (Å²) >= 11 is 0. The van der Waals surface area contributed by atoms with E-state index in [1.165, 1.54) is 39.7 Å². The van der Waals surface area contributed by atoms with Crippen LogP contribution in [0.2, 0.25) is 0 Å². The molecule has 0 aliphatic heterocycles. The fraction of sp³-hybridized carbons (Fsp3) is 0.429. The van der Waals surface area contributed by atoms with Crippen molar-refractivity contribution in [3.05, 3.63) is 70.4 Å². The maximum Gasteiger partial charge on any atom is 0.573 e. The number of aromatic nitrogens is 4. The van der Waals surface area contributed by atoms with Crippen molar-refractivity contribution >= 4 is 23.3 Å². The molecule has 11 nitrogen and oxygen atoms in total. The average molecular weight is 589 g/mol. The van der Waals surface area contributed by atoms with E-state index in [0.29, 0.717) is 56.4 Å². The normalized spacial score (nSPS) is 14.0. The first kappa shape index (κ1) is 30.5. The number of hydrogen-bond donors (Lipinski definition) is 2. The van der Waals surface area contributed by atoms with Gasteiger partial charge in [-0.2, -0.15) is 0 Å². The molecule has 1 aromatic carbocycles. The Kier molecular flexibility index (Phi) is 10.1. The van der Waals surface area contributed by atoms with Crippen molar-refractivity contribution in [2.45, 2.75) is 70.9 Å². The number of amides is 2. The van der Waals surface area contributed by atoms with Gasteiger partial charge in [-0.1, -0.05) is 17.3 Å². The molecule has 1 aliphatic carbocycles. The Bertz CT molecular complexity index is 1460. The summed E-state index contributed by atoms with van der Waals surface area (Å²) in [5.74, 6) is -0.650. The minimum Gasteiger partial charge on any atom is -0.406 e. The third kappa shape index (κ3) is 9.56. The Morgan fingerprint density at radius 3 is 2.55 bits per heavy atom. The molecule has 2 heterocycles. The number of aryl methyl sites for hydroxylation is 2. The van der Waals surface area contributed by atoms with E-state index in [1.807, 2.05) is 0 Å². The monoisotopic (exact) mass is 588 g/mol. The van der Waals surface area contributed by atoms with E-state index < -0.39 is 12.3 Å². The number of nitrogens with zero attached hydrogens (tertiary/aromatic N) is 4. The molecule has 2 N–H and O–H groups in total. The summed E-state index contributed by atoms with van der Waals surface area (Å²) in [6, 6.07) is 8.35. The summed E-state index contributed by atoms with van der Waals surface area (Å²) in [4.78, 5) is 48.5. The molecule has 1 aliphatic rings. The van der Waals surface area contributed by atoms with E-state index in [2.05, 4.69) is 25.7 Å². The third-order valence-corrected chi connectivity index (χ3v) is 6.81. The van der Waals surface area contributed by atoms with Gasteiger partial charge < -0.3 is 19.9 Å². The number of benzene rings is 1. The van der Waals surface area contributed by atoms with Gasteiger partial charge in [0.15, 0.2) is 5.69 Å². The van der Waals surface area contributed by atoms with Crippen molar-refractivity contribution in [3.63, 3.8) is 0 Å². The van der Waals surface area contributed by atoms with Gasteiger partial charge in [0, 0.05) is 56.8 Å². The first-order chi connectivity index (χ1) is 20.0. The number of nitrogens with one attached hydrogen (secondary N) is 2. The molecular formula is C28H31F3N6O5. The second-order valence-electron chi connectivity index (χ2n) is 10.1. The van der Waals surface area contributed by atoms with Crippen LogP contribution in [-0.4, -0.2) is 43.5 Å². The first-order valence-corrected chi connectivity index (χ1v) is 13.6.